The second kappa shape index (κ2) is 8.22. The van der Waals surface area contributed by atoms with E-state index in [4.69, 9.17) is 4.74 Å². The number of amides is 2. The van der Waals surface area contributed by atoms with E-state index in [9.17, 15) is 18.4 Å². The second-order valence-corrected chi connectivity index (χ2v) is 8.24. The maximum Gasteiger partial charge on any atom is 0.266 e. The van der Waals surface area contributed by atoms with Crippen LogP contribution in [0.2, 0.25) is 0 Å². The van der Waals surface area contributed by atoms with Crippen LogP contribution in [-0.4, -0.2) is 24.5 Å². The third kappa shape index (κ3) is 3.57. The van der Waals surface area contributed by atoms with Crippen LogP contribution in [0.15, 0.2) is 54.6 Å². The number of hydrogen-bond acceptors (Lipinski definition) is 3. The summed E-state index contributed by atoms with van der Waals surface area (Å²) in [6.07, 6.45) is 3.72. The van der Waals surface area contributed by atoms with Gasteiger partial charge in [-0.2, -0.15) is 0 Å². The first-order valence-electron chi connectivity index (χ1n) is 10.7. The zero-order valence-corrected chi connectivity index (χ0v) is 17.3. The van der Waals surface area contributed by atoms with Gasteiger partial charge in [0.25, 0.3) is 5.91 Å². The van der Waals surface area contributed by atoms with E-state index >= 15 is 0 Å². The van der Waals surface area contributed by atoms with Gasteiger partial charge in [0, 0.05) is 17.7 Å². The van der Waals surface area contributed by atoms with Gasteiger partial charge in [0.05, 0.1) is 5.69 Å². The van der Waals surface area contributed by atoms with E-state index in [1.54, 1.807) is 6.07 Å². The predicted octanol–water partition coefficient (Wildman–Crippen LogP) is 4.64. The molecule has 32 heavy (non-hydrogen) atoms. The molecule has 0 aromatic heterocycles. The molecule has 0 radical (unpaired) electrons. The molecule has 5 rings (SSSR count). The molecule has 5 nitrogen and oxygen atoms in total. The summed E-state index contributed by atoms with van der Waals surface area (Å²) in [7, 11) is 0. The van der Waals surface area contributed by atoms with Crippen molar-refractivity contribution in [3.8, 4) is 5.75 Å². The van der Waals surface area contributed by atoms with E-state index in [0.29, 0.717) is 16.7 Å². The van der Waals surface area contributed by atoms with Gasteiger partial charge in [-0.1, -0.05) is 43.2 Å². The lowest BCUT2D eigenvalue weighted by atomic mass is 9.95. The Labute approximate surface area is 184 Å². The quantitative estimate of drug-likeness (QED) is 0.651. The molecular weight excluding hydrogens is 414 g/mol. The first-order chi connectivity index (χ1) is 15.5. The number of rotatable bonds is 3. The van der Waals surface area contributed by atoms with E-state index in [0.717, 1.165) is 54.2 Å². The van der Waals surface area contributed by atoms with Gasteiger partial charge in [0.1, 0.15) is 23.4 Å². The fourth-order valence-corrected chi connectivity index (χ4v) is 4.71. The minimum absolute atomic E-state index is 0.0144. The van der Waals surface area contributed by atoms with Gasteiger partial charge in [-0.25, -0.2) is 8.78 Å². The Kier molecular flexibility index (Phi) is 5.25. The number of fused-ring (bicyclic) bond motifs is 3. The number of carbonyl (C=O) groups excluding carboxylic acids is 2. The highest BCUT2D eigenvalue weighted by Crippen LogP contribution is 2.41. The van der Waals surface area contributed by atoms with E-state index in [2.05, 4.69) is 5.32 Å². The largest absolute Gasteiger partial charge is 0.483 e. The van der Waals surface area contributed by atoms with Gasteiger partial charge in [0.15, 0.2) is 6.61 Å². The molecule has 2 aliphatic rings. The summed E-state index contributed by atoms with van der Waals surface area (Å²) in [6.45, 7) is -0.394. The molecule has 2 amide bonds. The van der Waals surface area contributed by atoms with Gasteiger partial charge < -0.3 is 10.1 Å². The number of nitrogens with zero attached hydrogens (tertiary/aromatic N) is 1. The second-order valence-electron chi connectivity index (χ2n) is 8.24. The van der Waals surface area contributed by atoms with Gasteiger partial charge in [-0.3, -0.25) is 14.5 Å². The van der Waals surface area contributed by atoms with Gasteiger partial charge >= 0.3 is 0 Å². The number of carbonyl (C=O) groups is 2. The van der Waals surface area contributed by atoms with Crippen LogP contribution >= 0.6 is 0 Å². The lowest BCUT2D eigenvalue weighted by Crippen LogP contribution is -2.46. The number of benzene rings is 3. The maximum atomic E-state index is 14.9. The Morgan fingerprint density at radius 3 is 2.62 bits per heavy atom. The molecule has 1 N–H and O–H groups in total. The zero-order valence-electron chi connectivity index (χ0n) is 17.3. The van der Waals surface area contributed by atoms with Crippen LogP contribution in [0, 0.1) is 11.6 Å². The molecule has 0 spiro atoms. The molecule has 1 heterocycles. The van der Waals surface area contributed by atoms with Crippen molar-refractivity contribution in [1.82, 2.24) is 5.32 Å². The Morgan fingerprint density at radius 2 is 1.81 bits per heavy atom. The van der Waals surface area contributed by atoms with Crippen LogP contribution in [0.25, 0.3) is 10.8 Å². The van der Waals surface area contributed by atoms with Crippen LogP contribution in [0.1, 0.15) is 37.3 Å². The predicted molar refractivity (Wildman–Crippen MR) is 116 cm³/mol. The van der Waals surface area contributed by atoms with Crippen LogP contribution in [-0.2, 0) is 9.59 Å². The van der Waals surface area contributed by atoms with Crippen molar-refractivity contribution in [2.24, 2.45) is 0 Å². The molecule has 0 bridgehead atoms. The lowest BCUT2D eigenvalue weighted by Gasteiger charge is -2.31. The minimum atomic E-state index is -1.21. The molecule has 1 atom stereocenters. The summed E-state index contributed by atoms with van der Waals surface area (Å²) in [6, 6.07) is 12.7. The van der Waals surface area contributed by atoms with E-state index in [-0.39, 0.29) is 11.7 Å². The molecular formula is C25H22F2N2O3. The molecule has 1 fully saturated rings. The molecule has 7 heteroatoms. The van der Waals surface area contributed by atoms with Crippen molar-refractivity contribution in [2.45, 2.75) is 37.8 Å². The van der Waals surface area contributed by atoms with Crippen molar-refractivity contribution in [3.63, 3.8) is 0 Å². The number of nitrogens with one attached hydrogen (secondary N) is 1. The average molecular weight is 436 g/mol. The highest BCUT2D eigenvalue weighted by atomic mass is 19.1. The van der Waals surface area contributed by atoms with Crippen LogP contribution < -0.4 is 15.0 Å². The molecule has 3 aromatic carbocycles. The third-order valence-corrected chi connectivity index (χ3v) is 6.20. The Bertz CT molecular complexity index is 1210. The highest BCUT2D eigenvalue weighted by molar-refractivity contribution is 6.06. The van der Waals surface area contributed by atoms with Crippen molar-refractivity contribution < 1.29 is 23.1 Å². The SMILES string of the molecule is O=C(NC1CCCC1)C1c2c(ccc3ccccc23)OCC(=O)N1c1cc(F)ccc1F. The van der Waals surface area contributed by atoms with Gasteiger partial charge in [-0.05, 0) is 41.8 Å². The van der Waals surface area contributed by atoms with E-state index in [1.165, 1.54) is 0 Å². The Morgan fingerprint density at radius 1 is 1.03 bits per heavy atom. The van der Waals surface area contributed by atoms with E-state index in [1.807, 2.05) is 30.3 Å². The topological polar surface area (TPSA) is 58.6 Å². The Balaban J connectivity index is 1.73. The molecule has 1 aliphatic carbocycles. The summed E-state index contributed by atoms with van der Waals surface area (Å²) in [4.78, 5) is 27.9. The van der Waals surface area contributed by atoms with Crippen molar-refractivity contribution >= 4 is 28.3 Å². The fourth-order valence-electron chi connectivity index (χ4n) is 4.71. The summed E-state index contributed by atoms with van der Waals surface area (Å²) in [5.74, 6) is -2.17. The minimum Gasteiger partial charge on any atom is -0.483 e. The summed E-state index contributed by atoms with van der Waals surface area (Å²) in [5.41, 5.74) is 0.180. The number of anilines is 1. The molecule has 164 valence electrons. The normalized spacial score (nSPS) is 18.9. The lowest BCUT2D eigenvalue weighted by molar-refractivity contribution is -0.127. The smallest absolute Gasteiger partial charge is 0.266 e. The average Bonchev–Trinajstić information content (AvgIpc) is 3.25. The first kappa shape index (κ1) is 20.4. The van der Waals surface area contributed by atoms with Crippen molar-refractivity contribution in [1.29, 1.82) is 0 Å². The highest BCUT2D eigenvalue weighted by Gasteiger charge is 2.40. The molecule has 1 aliphatic heterocycles. The van der Waals surface area contributed by atoms with Gasteiger partial charge in [0.2, 0.25) is 5.91 Å². The summed E-state index contributed by atoms with van der Waals surface area (Å²) < 4.78 is 34.7. The molecule has 1 unspecified atom stereocenters. The molecule has 3 aromatic rings. The molecule has 1 saturated carbocycles. The maximum absolute atomic E-state index is 14.9. The summed E-state index contributed by atoms with van der Waals surface area (Å²) in [5, 5.41) is 4.60. The first-order valence-corrected chi connectivity index (χ1v) is 10.7. The van der Waals surface area contributed by atoms with Crippen LogP contribution in [0.5, 0.6) is 5.75 Å². The Hall–Kier alpha value is -3.48. The summed E-state index contributed by atoms with van der Waals surface area (Å²) >= 11 is 0. The molecule has 0 saturated heterocycles. The van der Waals surface area contributed by atoms with Gasteiger partial charge in [-0.15, -0.1) is 0 Å². The van der Waals surface area contributed by atoms with Crippen LogP contribution in [0.3, 0.4) is 0 Å². The van der Waals surface area contributed by atoms with Crippen LogP contribution in [0.4, 0.5) is 14.5 Å². The van der Waals surface area contributed by atoms with Crippen molar-refractivity contribution in [3.05, 3.63) is 71.8 Å². The zero-order chi connectivity index (χ0) is 22.2. The number of ether oxygens (including phenoxy) is 1. The monoisotopic (exact) mass is 436 g/mol. The van der Waals surface area contributed by atoms with Crippen molar-refractivity contribution in [2.75, 3.05) is 11.5 Å². The standard InChI is InChI=1S/C25H22F2N2O3/c26-16-10-11-19(27)20(13-16)29-22(30)14-32-21-12-9-15-5-1-4-8-18(15)23(21)24(29)25(31)28-17-6-2-3-7-17/h1,4-5,8-13,17,24H,2-3,6-7,14H2,(H,28,31). The number of hydrogen-bond donors (Lipinski definition) is 1. The van der Waals surface area contributed by atoms with E-state index < -0.39 is 36.1 Å². The number of halogens is 2. The third-order valence-electron chi connectivity index (χ3n) is 6.20. The fraction of sp³-hybridized carbons (Fsp3) is 0.280.